The largest absolute Gasteiger partial charge is 0.337 e. The fourth-order valence-electron chi connectivity index (χ4n) is 2.50. The maximum absolute atomic E-state index is 12.7. The van der Waals surface area contributed by atoms with Gasteiger partial charge in [0.05, 0.1) is 0 Å². The number of rotatable bonds is 5. The highest BCUT2D eigenvalue weighted by molar-refractivity contribution is 8.00. The molecule has 21 heavy (non-hydrogen) atoms. The number of aromatic nitrogens is 1. The molecule has 3 N–H and O–H groups in total. The SMILES string of the molecule is CCCc1cc(C(=O)N2CCSC(CC)C2)cc(NN)n1. The monoisotopic (exact) mass is 308 g/mol. The highest BCUT2D eigenvalue weighted by atomic mass is 32.2. The van der Waals surface area contributed by atoms with Crippen LogP contribution in [0.3, 0.4) is 0 Å². The van der Waals surface area contributed by atoms with Crippen LogP contribution < -0.4 is 11.3 Å². The Morgan fingerprint density at radius 3 is 3.00 bits per heavy atom. The predicted octanol–water partition coefficient (Wildman–Crippen LogP) is 2.29. The fraction of sp³-hybridized carbons (Fsp3) is 0.600. The average molecular weight is 308 g/mol. The van der Waals surface area contributed by atoms with E-state index < -0.39 is 0 Å². The number of thioether (sulfide) groups is 1. The minimum atomic E-state index is 0.0880. The lowest BCUT2D eigenvalue weighted by Gasteiger charge is -2.32. The van der Waals surface area contributed by atoms with E-state index in [0.29, 0.717) is 16.6 Å². The Morgan fingerprint density at radius 1 is 1.52 bits per heavy atom. The number of hydrogen-bond acceptors (Lipinski definition) is 5. The fourth-order valence-corrected chi connectivity index (χ4v) is 3.68. The molecule has 116 valence electrons. The Bertz CT molecular complexity index is 495. The van der Waals surface area contributed by atoms with E-state index in [9.17, 15) is 4.79 Å². The molecule has 6 heteroatoms. The Kier molecular flexibility index (Phi) is 5.87. The van der Waals surface area contributed by atoms with Crippen molar-refractivity contribution >= 4 is 23.5 Å². The molecular formula is C15H24N4OS. The van der Waals surface area contributed by atoms with Gasteiger partial charge in [-0.05, 0) is 25.0 Å². The molecule has 2 heterocycles. The normalized spacial score (nSPS) is 18.6. The smallest absolute Gasteiger partial charge is 0.254 e. The van der Waals surface area contributed by atoms with E-state index in [1.54, 1.807) is 6.07 Å². The highest BCUT2D eigenvalue weighted by Crippen LogP contribution is 2.23. The Morgan fingerprint density at radius 2 is 2.33 bits per heavy atom. The summed E-state index contributed by atoms with van der Waals surface area (Å²) in [4.78, 5) is 19.0. The molecule has 5 nitrogen and oxygen atoms in total. The number of nitrogens with one attached hydrogen (secondary N) is 1. The molecule has 1 aliphatic rings. The van der Waals surface area contributed by atoms with Crippen molar-refractivity contribution in [2.75, 3.05) is 24.3 Å². The van der Waals surface area contributed by atoms with Crippen molar-refractivity contribution in [3.63, 3.8) is 0 Å². The van der Waals surface area contributed by atoms with E-state index in [1.807, 2.05) is 22.7 Å². The van der Waals surface area contributed by atoms with Crippen LogP contribution in [0.15, 0.2) is 12.1 Å². The average Bonchev–Trinajstić information content (AvgIpc) is 2.54. The summed E-state index contributed by atoms with van der Waals surface area (Å²) in [5.41, 5.74) is 4.15. The molecule has 0 spiro atoms. The lowest BCUT2D eigenvalue weighted by Crippen LogP contribution is -2.41. The van der Waals surface area contributed by atoms with Crippen molar-refractivity contribution in [2.24, 2.45) is 5.84 Å². The van der Waals surface area contributed by atoms with Crippen molar-refractivity contribution in [3.05, 3.63) is 23.4 Å². The zero-order chi connectivity index (χ0) is 15.2. The number of nitrogens with two attached hydrogens (primary N) is 1. The third-order valence-electron chi connectivity index (χ3n) is 3.66. The second kappa shape index (κ2) is 7.66. The summed E-state index contributed by atoms with van der Waals surface area (Å²) in [7, 11) is 0. The van der Waals surface area contributed by atoms with E-state index in [0.717, 1.165) is 43.8 Å². The van der Waals surface area contributed by atoms with Crippen LogP contribution in [0.1, 0.15) is 42.7 Å². The Hall–Kier alpha value is -1.27. The number of anilines is 1. The summed E-state index contributed by atoms with van der Waals surface area (Å²) in [6.45, 7) is 5.92. The van der Waals surface area contributed by atoms with Gasteiger partial charge in [-0.25, -0.2) is 10.8 Å². The summed E-state index contributed by atoms with van der Waals surface area (Å²) >= 11 is 1.96. The minimum absolute atomic E-state index is 0.0880. The minimum Gasteiger partial charge on any atom is -0.337 e. The predicted molar refractivity (Wildman–Crippen MR) is 88.5 cm³/mol. The van der Waals surface area contributed by atoms with E-state index in [-0.39, 0.29) is 5.91 Å². The molecular weight excluding hydrogens is 284 g/mol. The number of aryl methyl sites for hydroxylation is 1. The number of amides is 1. The van der Waals surface area contributed by atoms with Crippen molar-refractivity contribution in [1.82, 2.24) is 9.88 Å². The second-order valence-corrected chi connectivity index (χ2v) is 6.69. The van der Waals surface area contributed by atoms with Gasteiger partial charge >= 0.3 is 0 Å². The summed E-state index contributed by atoms with van der Waals surface area (Å²) < 4.78 is 0. The molecule has 0 aromatic carbocycles. The molecule has 1 aromatic rings. The van der Waals surface area contributed by atoms with Gasteiger partial charge in [-0.2, -0.15) is 11.8 Å². The summed E-state index contributed by atoms with van der Waals surface area (Å²) in [5, 5.41) is 0.548. The third-order valence-corrected chi connectivity index (χ3v) is 5.03. The van der Waals surface area contributed by atoms with Crippen molar-refractivity contribution in [1.29, 1.82) is 0 Å². The van der Waals surface area contributed by atoms with Crippen LogP contribution >= 0.6 is 11.8 Å². The molecule has 1 unspecified atom stereocenters. The molecule has 1 amide bonds. The van der Waals surface area contributed by atoms with Gasteiger partial charge in [-0.3, -0.25) is 4.79 Å². The van der Waals surface area contributed by atoms with Crippen molar-refractivity contribution < 1.29 is 4.79 Å². The van der Waals surface area contributed by atoms with Gasteiger partial charge in [-0.15, -0.1) is 0 Å². The van der Waals surface area contributed by atoms with Gasteiger partial charge in [-0.1, -0.05) is 20.3 Å². The van der Waals surface area contributed by atoms with E-state index in [2.05, 4.69) is 24.3 Å². The van der Waals surface area contributed by atoms with Gasteiger partial charge in [0.1, 0.15) is 5.82 Å². The number of hydrogen-bond donors (Lipinski definition) is 2. The standard InChI is InChI=1S/C15H24N4OS/c1-3-5-12-8-11(9-14(17-12)18-16)15(20)19-6-7-21-13(4-2)10-19/h8-9,13H,3-7,10,16H2,1-2H3,(H,17,18). The molecule has 0 aliphatic carbocycles. The topological polar surface area (TPSA) is 71.2 Å². The lowest BCUT2D eigenvalue weighted by atomic mass is 10.1. The van der Waals surface area contributed by atoms with Crippen molar-refractivity contribution in [3.8, 4) is 0 Å². The molecule has 1 fully saturated rings. The van der Waals surface area contributed by atoms with Crippen molar-refractivity contribution in [2.45, 2.75) is 38.4 Å². The van der Waals surface area contributed by atoms with E-state index in [1.165, 1.54) is 0 Å². The first-order chi connectivity index (χ1) is 10.2. The third kappa shape index (κ3) is 4.11. The first kappa shape index (κ1) is 16.1. The number of nitrogen functional groups attached to an aromatic ring is 1. The van der Waals surface area contributed by atoms with Gasteiger partial charge in [0.15, 0.2) is 0 Å². The molecule has 1 aromatic heterocycles. The quantitative estimate of drug-likeness (QED) is 0.645. The van der Waals surface area contributed by atoms with Crippen LogP contribution in [0.4, 0.5) is 5.82 Å². The lowest BCUT2D eigenvalue weighted by molar-refractivity contribution is 0.0760. The van der Waals surface area contributed by atoms with Gasteiger partial charge in [0.25, 0.3) is 5.91 Å². The molecule has 0 saturated carbocycles. The molecule has 1 atom stereocenters. The first-order valence-corrected chi connectivity index (χ1v) is 8.61. The van der Waals surface area contributed by atoms with Crippen LogP contribution in [0, 0.1) is 0 Å². The zero-order valence-corrected chi connectivity index (χ0v) is 13.6. The molecule has 0 radical (unpaired) electrons. The molecule has 1 aliphatic heterocycles. The second-order valence-electron chi connectivity index (χ2n) is 5.28. The summed E-state index contributed by atoms with van der Waals surface area (Å²) in [6.07, 6.45) is 2.94. The maximum Gasteiger partial charge on any atom is 0.254 e. The van der Waals surface area contributed by atoms with Crippen LogP contribution in [0.2, 0.25) is 0 Å². The van der Waals surface area contributed by atoms with E-state index >= 15 is 0 Å². The van der Waals surface area contributed by atoms with Crippen LogP contribution in [0.5, 0.6) is 0 Å². The maximum atomic E-state index is 12.7. The first-order valence-electron chi connectivity index (χ1n) is 7.56. The summed E-state index contributed by atoms with van der Waals surface area (Å²) in [6, 6.07) is 3.64. The van der Waals surface area contributed by atoms with Gasteiger partial charge < -0.3 is 10.3 Å². The molecule has 1 saturated heterocycles. The van der Waals surface area contributed by atoms with Crippen LogP contribution in [-0.2, 0) is 6.42 Å². The van der Waals surface area contributed by atoms with Gasteiger partial charge in [0.2, 0.25) is 0 Å². The number of pyridine rings is 1. The van der Waals surface area contributed by atoms with E-state index in [4.69, 9.17) is 5.84 Å². The Balaban J connectivity index is 2.19. The number of hydrazine groups is 1. The number of carbonyl (C=O) groups excluding carboxylic acids is 1. The Labute approximate surface area is 130 Å². The van der Waals surface area contributed by atoms with Crippen LogP contribution in [0.25, 0.3) is 0 Å². The highest BCUT2D eigenvalue weighted by Gasteiger charge is 2.24. The number of nitrogens with zero attached hydrogens (tertiary/aromatic N) is 2. The van der Waals surface area contributed by atoms with Crippen LogP contribution in [-0.4, -0.2) is 39.9 Å². The zero-order valence-electron chi connectivity index (χ0n) is 12.8. The summed E-state index contributed by atoms with van der Waals surface area (Å²) in [5.74, 6) is 7.12. The number of carbonyl (C=O) groups is 1. The molecule has 2 rings (SSSR count). The van der Waals surface area contributed by atoms with Gasteiger partial charge in [0, 0.05) is 35.3 Å². The molecule has 0 bridgehead atoms.